The smallest absolute Gasteiger partial charge is 0.317 e. The average molecular weight is 283 g/mol. The predicted octanol–water partition coefficient (Wildman–Crippen LogP) is 0.975. The second-order valence-corrected chi connectivity index (χ2v) is 6.10. The number of carbonyl (C=O) groups is 2. The number of hydrogen-bond donors (Lipinski definition) is 2. The molecule has 1 saturated heterocycles. The molecule has 0 aromatic heterocycles. The fourth-order valence-corrected chi connectivity index (χ4v) is 3.31. The maximum absolute atomic E-state index is 12.3. The van der Waals surface area contributed by atoms with Gasteiger partial charge in [-0.15, -0.1) is 0 Å². The largest absolute Gasteiger partial charge is 0.481 e. The first-order chi connectivity index (χ1) is 9.49. The van der Waals surface area contributed by atoms with E-state index in [2.05, 4.69) is 17.3 Å². The number of nitrogens with one attached hydrogen (secondary N) is 1. The normalized spacial score (nSPS) is 31.0. The standard InChI is InChI=1S/C14H25N3O3/c1-16-8-4-5-10(9-16)17(2)14(20)15-12-7-3-6-11(12)13(18)19/h10-12H,3-9H2,1-2H3,(H,15,20)(H,18,19). The minimum atomic E-state index is -0.798. The van der Waals surface area contributed by atoms with Crippen LogP contribution in [0.15, 0.2) is 0 Å². The van der Waals surface area contributed by atoms with Gasteiger partial charge in [-0.05, 0) is 39.3 Å². The van der Waals surface area contributed by atoms with Gasteiger partial charge in [-0.1, -0.05) is 6.42 Å². The molecule has 0 aromatic rings. The number of carboxylic acid groups (broad SMARTS) is 1. The highest BCUT2D eigenvalue weighted by Crippen LogP contribution is 2.26. The average Bonchev–Trinajstić information content (AvgIpc) is 2.86. The summed E-state index contributed by atoms with van der Waals surface area (Å²) in [6, 6.07) is -0.134. The van der Waals surface area contributed by atoms with Gasteiger partial charge in [0.15, 0.2) is 0 Å². The maximum atomic E-state index is 12.3. The first-order valence-electron chi connectivity index (χ1n) is 7.43. The van der Waals surface area contributed by atoms with Crippen molar-refractivity contribution in [1.29, 1.82) is 0 Å². The Labute approximate surface area is 120 Å². The lowest BCUT2D eigenvalue weighted by molar-refractivity contribution is -0.142. The van der Waals surface area contributed by atoms with Crippen molar-refractivity contribution in [3.8, 4) is 0 Å². The molecule has 1 saturated carbocycles. The van der Waals surface area contributed by atoms with Crippen LogP contribution in [-0.4, -0.2) is 66.2 Å². The van der Waals surface area contributed by atoms with E-state index in [4.69, 9.17) is 5.11 Å². The molecule has 0 spiro atoms. The van der Waals surface area contributed by atoms with Crippen LogP contribution < -0.4 is 5.32 Å². The number of carbonyl (C=O) groups excluding carboxylic acids is 1. The maximum Gasteiger partial charge on any atom is 0.317 e. The summed E-state index contributed by atoms with van der Waals surface area (Å²) >= 11 is 0. The van der Waals surface area contributed by atoms with Crippen molar-refractivity contribution < 1.29 is 14.7 Å². The fourth-order valence-electron chi connectivity index (χ4n) is 3.31. The highest BCUT2D eigenvalue weighted by atomic mass is 16.4. The Kier molecular flexibility index (Phi) is 4.86. The summed E-state index contributed by atoms with van der Waals surface area (Å²) in [5, 5.41) is 12.1. The Bertz CT molecular complexity index is 375. The van der Waals surface area contributed by atoms with Crippen molar-refractivity contribution in [1.82, 2.24) is 15.1 Å². The molecule has 1 aliphatic carbocycles. The highest BCUT2D eigenvalue weighted by molar-refractivity contribution is 5.77. The van der Waals surface area contributed by atoms with Crippen LogP contribution in [0.5, 0.6) is 0 Å². The zero-order valence-corrected chi connectivity index (χ0v) is 12.3. The van der Waals surface area contributed by atoms with Crippen molar-refractivity contribution in [3.63, 3.8) is 0 Å². The third kappa shape index (κ3) is 3.42. The van der Waals surface area contributed by atoms with Crippen LogP contribution in [0.2, 0.25) is 0 Å². The molecular weight excluding hydrogens is 258 g/mol. The lowest BCUT2D eigenvalue weighted by Gasteiger charge is -2.36. The summed E-state index contributed by atoms with van der Waals surface area (Å²) in [5.74, 6) is -1.23. The summed E-state index contributed by atoms with van der Waals surface area (Å²) < 4.78 is 0. The Morgan fingerprint density at radius 1 is 1.25 bits per heavy atom. The minimum absolute atomic E-state index is 0.136. The number of likely N-dealkylation sites (N-methyl/N-ethyl adjacent to an activating group) is 2. The van der Waals surface area contributed by atoms with Crippen LogP contribution in [0, 0.1) is 5.92 Å². The molecule has 3 unspecified atom stereocenters. The van der Waals surface area contributed by atoms with Gasteiger partial charge in [-0.25, -0.2) is 4.79 Å². The van der Waals surface area contributed by atoms with Gasteiger partial charge in [0, 0.05) is 25.7 Å². The molecule has 0 bridgehead atoms. The fraction of sp³-hybridized carbons (Fsp3) is 0.857. The Balaban J connectivity index is 1.89. The number of rotatable bonds is 3. The van der Waals surface area contributed by atoms with Crippen LogP contribution in [0.25, 0.3) is 0 Å². The Morgan fingerprint density at radius 3 is 2.65 bits per heavy atom. The van der Waals surface area contributed by atoms with E-state index in [0.717, 1.165) is 38.8 Å². The van der Waals surface area contributed by atoms with E-state index < -0.39 is 11.9 Å². The lowest BCUT2D eigenvalue weighted by atomic mass is 10.0. The number of carboxylic acids is 1. The van der Waals surface area contributed by atoms with Crippen molar-refractivity contribution in [3.05, 3.63) is 0 Å². The van der Waals surface area contributed by atoms with Crippen LogP contribution in [0.4, 0.5) is 4.79 Å². The van der Waals surface area contributed by atoms with Gasteiger partial charge in [0.1, 0.15) is 0 Å². The third-order valence-corrected chi connectivity index (χ3v) is 4.61. The van der Waals surface area contributed by atoms with Crippen molar-refractivity contribution in [2.24, 2.45) is 5.92 Å². The Morgan fingerprint density at radius 2 is 2.00 bits per heavy atom. The summed E-state index contributed by atoms with van der Waals surface area (Å²) in [6.07, 6.45) is 4.41. The van der Waals surface area contributed by atoms with Crippen molar-refractivity contribution >= 4 is 12.0 Å². The molecule has 2 fully saturated rings. The predicted molar refractivity (Wildman–Crippen MR) is 75.6 cm³/mol. The van der Waals surface area contributed by atoms with E-state index in [1.54, 1.807) is 4.90 Å². The van der Waals surface area contributed by atoms with Crippen LogP contribution in [0.1, 0.15) is 32.1 Å². The number of urea groups is 1. The zero-order chi connectivity index (χ0) is 14.7. The van der Waals surface area contributed by atoms with Gasteiger partial charge in [0.05, 0.1) is 5.92 Å². The summed E-state index contributed by atoms with van der Waals surface area (Å²) in [6.45, 7) is 1.96. The molecule has 1 aliphatic heterocycles. The minimum Gasteiger partial charge on any atom is -0.481 e. The molecule has 2 N–H and O–H groups in total. The van der Waals surface area contributed by atoms with Gasteiger partial charge in [-0.2, -0.15) is 0 Å². The van der Waals surface area contributed by atoms with E-state index >= 15 is 0 Å². The van der Waals surface area contributed by atoms with E-state index in [9.17, 15) is 9.59 Å². The highest BCUT2D eigenvalue weighted by Gasteiger charge is 2.35. The molecule has 2 aliphatic rings. The molecule has 0 aromatic carbocycles. The molecule has 114 valence electrons. The van der Waals surface area contributed by atoms with Gasteiger partial charge in [-0.3, -0.25) is 4.79 Å². The van der Waals surface area contributed by atoms with Gasteiger partial charge < -0.3 is 20.2 Å². The van der Waals surface area contributed by atoms with E-state index in [-0.39, 0.29) is 18.1 Å². The van der Waals surface area contributed by atoms with Crippen LogP contribution in [-0.2, 0) is 4.79 Å². The van der Waals surface area contributed by atoms with Gasteiger partial charge in [0.25, 0.3) is 0 Å². The van der Waals surface area contributed by atoms with E-state index in [1.165, 1.54) is 0 Å². The third-order valence-electron chi connectivity index (χ3n) is 4.61. The Hall–Kier alpha value is -1.30. The summed E-state index contributed by atoms with van der Waals surface area (Å²) in [7, 11) is 3.87. The SMILES string of the molecule is CN1CCCC(N(C)C(=O)NC2CCCC2C(=O)O)C1. The molecular formula is C14H25N3O3. The molecule has 0 radical (unpaired) electrons. The van der Waals surface area contributed by atoms with Crippen molar-refractivity contribution in [2.75, 3.05) is 27.2 Å². The number of likely N-dealkylation sites (tertiary alicyclic amines) is 1. The number of aliphatic carboxylic acids is 1. The molecule has 6 heteroatoms. The molecule has 2 rings (SSSR count). The molecule has 2 amide bonds. The quantitative estimate of drug-likeness (QED) is 0.809. The van der Waals surface area contributed by atoms with Crippen LogP contribution in [0.3, 0.4) is 0 Å². The second kappa shape index (κ2) is 6.43. The monoisotopic (exact) mass is 283 g/mol. The van der Waals surface area contributed by atoms with Crippen molar-refractivity contribution in [2.45, 2.75) is 44.2 Å². The molecule has 20 heavy (non-hydrogen) atoms. The number of piperidine rings is 1. The first-order valence-corrected chi connectivity index (χ1v) is 7.43. The van der Waals surface area contributed by atoms with Gasteiger partial charge >= 0.3 is 12.0 Å². The first kappa shape index (κ1) is 15.1. The second-order valence-electron chi connectivity index (χ2n) is 6.10. The van der Waals surface area contributed by atoms with Crippen LogP contribution >= 0.6 is 0 Å². The summed E-state index contributed by atoms with van der Waals surface area (Å²) in [5.41, 5.74) is 0. The van der Waals surface area contributed by atoms with E-state index in [0.29, 0.717) is 6.42 Å². The number of nitrogens with zero attached hydrogens (tertiary/aromatic N) is 2. The molecule has 3 atom stereocenters. The van der Waals surface area contributed by atoms with E-state index in [1.807, 2.05) is 7.05 Å². The topological polar surface area (TPSA) is 72.9 Å². The number of amides is 2. The number of hydrogen-bond acceptors (Lipinski definition) is 3. The zero-order valence-electron chi connectivity index (χ0n) is 12.3. The lowest BCUT2D eigenvalue weighted by Crippen LogP contribution is -2.53. The summed E-state index contributed by atoms with van der Waals surface area (Å²) in [4.78, 5) is 27.4. The van der Waals surface area contributed by atoms with Gasteiger partial charge in [0.2, 0.25) is 0 Å². The molecule has 6 nitrogen and oxygen atoms in total. The molecule has 1 heterocycles.